The molecule has 6 nitrogen and oxygen atoms in total. The van der Waals surface area contributed by atoms with Gasteiger partial charge in [0.2, 0.25) is 0 Å². The molecule has 2 aromatic carbocycles. The molecule has 6 heteroatoms. The third-order valence-electron chi connectivity index (χ3n) is 5.06. The smallest absolute Gasteiger partial charge is 0.321 e. The molecule has 0 spiro atoms. The fourth-order valence-electron chi connectivity index (χ4n) is 3.55. The van der Waals surface area contributed by atoms with Gasteiger partial charge in [-0.1, -0.05) is 18.2 Å². The van der Waals surface area contributed by atoms with E-state index in [9.17, 15) is 9.90 Å². The molecule has 0 amide bonds. The van der Waals surface area contributed by atoms with Crippen LogP contribution in [0.15, 0.2) is 48.5 Å². The molecule has 0 unspecified atom stereocenters. The Labute approximate surface area is 159 Å². The number of para-hydroxylation sites is 1. The molecular formula is C21H26N2O4. The molecule has 1 heterocycles. The minimum atomic E-state index is -0.812. The fraction of sp³-hybridized carbons (Fsp3) is 0.381. The summed E-state index contributed by atoms with van der Waals surface area (Å²) in [5.41, 5.74) is 2.02. The van der Waals surface area contributed by atoms with Crippen molar-refractivity contribution in [1.82, 2.24) is 4.90 Å². The summed E-state index contributed by atoms with van der Waals surface area (Å²) in [5.74, 6) is 0.571. The quantitative estimate of drug-likeness (QED) is 0.808. The molecule has 2 aromatic rings. The van der Waals surface area contributed by atoms with E-state index in [0.29, 0.717) is 31.0 Å². The van der Waals surface area contributed by atoms with Gasteiger partial charge >= 0.3 is 5.97 Å². The number of ether oxygens (including phenoxy) is 2. The van der Waals surface area contributed by atoms with Crippen molar-refractivity contribution in [2.24, 2.45) is 0 Å². The number of piperazine rings is 1. The van der Waals surface area contributed by atoms with Crippen molar-refractivity contribution in [2.75, 3.05) is 45.3 Å². The van der Waals surface area contributed by atoms with Crippen LogP contribution >= 0.6 is 0 Å². The molecule has 27 heavy (non-hydrogen) atoms. The maximum Gasteiger partial charge on any atom is 0.321 e. The van der Waals surface area contributed by atoms with E-state index in [4.69, 9.17) is 9.47 Å². The molecule has 144 valence electrons. The molecular weight excluding hydrogens is 344 g/mol. The van der Waals surface area contributed by atoms with Gasteiger partial charge in [0, 0.05) is 38.3 Å². The van der Waals surface area contributed by atoms with Crippen molar-refractivity contribution in [3.63, 3.8) is 0 Å². The van der Waals surface area contributed by atoms with Crippen molar-refractivity contribution in [2.45, 2.75) is 12.5 Å². The third-order valence-corrected chi connectivity index (χ3v) is 5.06. The van der Waals surface area contributed by atoms with Gasteiger partial charge < -0.3 is 19.5 Å². The van der Waals surface area contributed by atoms with Gasteiger partial charge in [-0.15, -0.1) is 0 Å². The van der Waals surface area contributed by atoms with Gasteiger partial charge in [-0.25, -0.2) is 0 Å². The highest BCUT2D eigenvalue weighted by atomic mass is 16.5. The Morgan fingerprint density at radius 3 is 2.33 bits per heavy atom. The van der Waals surface area contributed by atoms with Gasteiger partial charge in [-0.2, -0.15) is 0 Å². The molecule has 0 radical (unpaired) electrons. The first kappa shape index (κ1) is 19.0. The monoisotopic (exact) mass is 370 g/mol. The molecule has 1 aliphatic heterocycles. The van der Waals surface area contributed by atoms with E-state index in [1.54, 1.807) is 14.2 Å². The lowest BCUT2D eigenvalue weighted by Gasteiger charge is -2.39. The number of aliphatic carboxylic acids is 1. The molecule has 1 N–H and O–H groups in total. The topological polar surface area (TPSA) is 62.2 Å². The summed E-state index contributed by atoms with van der Waals surface area (Å²) in [6.07, 6.45) is 0.376. The number of nitrogens with zero attached hydrogens (tertiary/aromatic N) is 2. The van der Waals surface area contributed by atoms with Crippen LogP contribution in [-0.4, -0.2) is 62.4 Å². The van der Waals surface area contributed by atoms with Crippen LogP contribution in [0.5, 0.6) is 11.5 Å². The van der Waals surface area contributed by atoms with E-state index in [0.717, 1.165) is 18.7 Å². The Morgan fingerprint density at radius 1 is 1.04 bits per heavy atom. The second kappa shape index (κ2) is 8.77. The predicted octanol–water partition coefficient (Wildman–Crippen LogP) is 2.52. The second-order valence-electron chi connectivity index (χ2n) is 6.59. The van der Waals surface area contributed by atoms with Crippen LogP contribution in [0.2, 0.25) is 0 Å². The zero-order chi connectivity index (χ0) is 19.2. The number of hydrogen-bond acceptors (Lipinski definition) is 5. The van der Waals surface area contributed by atoms with Gasteiger partial charge in [-0.05, 0) is 35.9 Å². The zero-order valence-corrected chi connectivity index (χ0v) is 15.8. The largest absolute Gasteiger partial charge is 0.497 e. The van der Waals surface area contributed by atoms with E-state index >= 15 is 0 Å². The lowest BCUT2D eigenvalue weighted by molar-refractivity contribution is -0.143. The molecule has 1 fully saturated rings. The van der Waals surface area contributed by atoms with Crippen LogP contribution in [0.4, 0.5) is 5.69 Å². The Hall–Kier alpha value is -2.73. The number of carbonyl (C=O) groups is 1. The highest BCUT2D eigenvalue weighted by Gasteiger charge is 2.30. The van der Waals surface area contributed by atoms with E-state index in [1.807, 2.05) is 41.3 Å². The summed E-state index contributed by atoms with van der Waals surface area (Å²) in [4.78, 5) is 16.3. The highest BCUT2D eigenvalue weighted by molar-refractivity contribution is 5.74. The maximum absolute atomic E-state index is 12.0. The minimum Gasteiger partial charge on any atom is -0.497 e. The summed E-state index contributed by atoms with van der Waals surface area (Å²) in [7, 11) is 3.20. The average Bonchev–Trinajstić information content (AvgIpc) is 2.72. The zero-order valence-electron chi connectivity index (χ0n) is 15.8. The van der Waals surface area contributed by atoms with Gasteiger partial charge in [-0.3, -0.25) is 9.69 Å². The lowest BCUT2D eigenvalue weighted by atomic mass is 10.0. The molecule has 0 saturated carbocycles. The van der Waals surface area contributed by atoms with E-state index in [-0.39, 0.29) is 0 Å². The number of benzene rings is 2. The summed E-state index contributed by atoms with van der Waals surface area (Å²) in [6, 6.07) is 15.1. The number of methoxy groups -OCH3 is 2. The molecule has 1 aliphatic rings. The molecule has 3 rings (SSSR count). The summed E-state index contributed by atoms with van der Waals surface area (Å²) >= 11 is 0. The van der Waals surface area contributed by atoms with Gasteiger partial charge in [0.1, 0.15) is 17.5 Å². The normalized spacial score (nSPS) is 16.0. The van der Waals surface area contributed by atoms with Gasteiger partial charge in [0.15, 0.2) is 0 Å². The Balaban J connectivity index is 1.71. The van der Waals surface area contributed by atoms with Crippen LogP contribution < -0.4 is 14.4 Å². The van der Waals surface area contributed by atoms with Crippen molar-refractivity contribution < 1.29 is 19.4 Å². The summed E-state index contributed by atoms with van der Waals surface area (Å²) in [5, 5.41) is 9.83. The standard InChI is InChI=1S/C21H26N2O4/c1-26-18-8-9-20(27-2)16(14-18)15-19(21(24)25)23-12-10-22(11-13-23)17-6-4-3-5-7-17/h3-9,14,19H,10-13,15H2,1-2H3,(H,24,25)/t19-/m0/s1. The third kappa shape index (κ3) is 4.52. The van der Waals surface area contributed by atoms with E-state index in [1.165, 1.54) is 5.69 Å². The van der Waals surface area contributed by atoms with Crippen molar-refractivity contribution in [3.8, 4) is 11.5 Å². The Morgan fingerprint density at radius 2 is 1.74 bits per heavy atom. The summed E-state index contributed by atoms with van der Waals surface area (Å²) < 4.78 is 10.7. The lowest BCUT2D eigenvalue weighted by Crippen LogP contribution is -2.53. The number of carboxylic acid groups (broad SMARTS) is 1. The Kier molecular flexibility index (Phi) is 6.19. The van der Waals surface area contributed by atoms with Gasteiger partial charge in [0.25, 0.3) is 0 Å². The van der Waals surface area contributed by atoms with Gasteiger partial charge in [0.05, 0.1) is 14.2 Å². The fourth-order valence-corrected chi connectivity index (χ4v) is 3.55. The van der Waals surface area contributed by atoms with Crippen LogP contribution in [0.3, 0.4) is 0 Å². The number of rotatable bonds is 7. The van der Waals surface area contributed by atoms with Crippen LogP contribution in [0, 0.1) is 0 Å². The minimum absolute atomic E-state index is 0.376. The first-order chi connectivity index (χ1) is 13.1. The molecule has 0 bridgehead atoms. The molecule has 0 aromatic heterocycles. The first-order valence-corrected chi connectivity index (χ1v) is 9.10. The number of hydrogen-bond donors (Lipinski definition) is 1. The molecule has 0 aliphatic carbocycles. The van der Waals surface area contributed by atoms with Crippen molar-refractivity contribution in [3.05, 3.63) is 54.1 Å². The van der Waals surface area contributed by atoms with Crippen molar-refractivity contribution >= 4 is 11.7 Å². The SMILES string of the molecule is COc1ccc(OC)c(C[C@@H](C(=O)O)N2CCN(c3ccccc3)CC2)c1. The van der Waals surface area contributed by atoms with E-state index in [2.05, 4.69) is 17.0 Å². The highest BCUT2D eigenvalue weighted by Crippen LogP contribution is 2.27. The molecule has 1 saturated heterocycles. The Bertz CT molecular complexity index is 758. The van der Waals surface area contributed by atoms with Crippen LogP contribution in [0.1, 0.15) is 5.56 Å². The molecule has 1 atom stereocenters. The van der Waals surface area contributed by atoms with E-state index < -0.39 is 12.0 Å². The number of anilines is 1. The maximum atomic E-state index is 12.0. The average molecular weight is 370 g/mol. The number of carboxylic acids is 1. The van der Waals surface area contributed by atoms with Crippen molar-refractivity contribution in [1.29, 1.82) is 0 Å². The van der Waals surface area contributed by atoms with Crippen LogP contribution in [0.25, 0.3) is 0 Å². The first-order valence-electron chi connectivity index (χ1n) is 9.10. The van der Waals surface area contributed by atoms with Crippen LogP contribution in [-0.2, 0) is 11.2 Å². The predicted molar refractivity (Wildman–Crippen MR) is 105 cm³/mol. The summed E-state index contributed by atoms with van der Waals surface area (Å²) in [6.45, 7) is 3.03. The second-order valence-corrected chi connectivity index (χ2v) is 6.59.